The molecule has 4 heterocycles. The Balaban J connectivity index is 1.20. The molecule has 0 unspecified atom stereocenters. The largest absolute Gasteiger partial charge is 0.455 e. The molecule has 3 aromatic heterocycles. The number of fused-ring (bicyclic) bond motifs is 10. The molecule has 64 heavy (non-hydrogen) atoms. The number of nitrogens with one attached hydrogen (secondary N) is 1. The summed E-state index contributed by atoms with van der Waals surface area (Å²) in [7, 11) is 2.45. The van der Waals surface area contributed by atoms with Gasteiger partial charge >= 0.3 is 0 Å². The topological polar surface area (TPSA) is 28.4 Å². The minimum atomic E-state index is -0.0333. The number of nitrogens with zero attached hydrogens (tertiary/aromatic N) is 1. The Morgan fingerprint density at radius 2 is 1.16 bits per heavy atom. The fourth-order valence-electron chi connectivity index (χ4n) is 9.65. The Kier molecular flexibility index (Phi) is 8.82. The number of benzene rings is 8. The molecule has 0 saturated heterocycles. The van der Waals surface area contributed by atoms with Crippen LogP contribution in [0.5, 0.6) is 0 Å². The second-order valence-electron chi connectivity index (χ2n) is 19.2. The first-order valence-corrected chi connectivity index (χ1v) is 23.8. The van der Waals surface area contributed by atoms with Gasteiger partial charge in [0.25, 0.3) is 0 Å². The number of hydrogen-bond acceptors (Lipinski definition) is 5. The van der Waals surface area contributed by atoms with Crippen LogP contribution in [0.2, 0.25) is 0 Å². The van der Waals surface area contributed by atoms with Gasteiger partial charge in [0, 0.05) is 69.4 Å². The first-order chi connectivity index (χ1) is 31.0. The lowest BCUT2D eigenvalue weighted by molar-refractivity contribution is 0.590. The first-order valence-electron chi connectivity index (χ1n) is 22.2. The van der Waals surface area contributed by atoms with E-state index in [1.165, 1.54) is 63.0 Å². The zero-order valence-corrected chi connectivity index (χ0v) is 38.5. The molecule has 0 fully saturated rings. The van der Waals surface area contributed by atoms with Crippen molar-refractivity contribution in [2.45, 2.75) is 52.4 Å². The summed E-state index contributed by atoms with van der Waals surface area (Å²) >= 11 is 3.71. The molecule has 0 spiro atoms. The van der Waals surface area contributed by atoms with E-state index in [1.807, 2.05) is 22.7 Å². The maximum Gasteiger partial charge on any atom is 0.200 e. The predicted octanol–water partition coefficient (Wildman–Crippen LogP) is 16.3. The van der Waals surface area contributed by atoms with Crippen LogP contribution >= 0.6 is 22.7 Å². The fraction of sp³-hybridized carbons (Fsp3) is 0.138. The molecule has 11 aromatic rings. The molecule has 0 atom stereocenters. The molecule has 0 bridgehead atoms. The van der Waals surface area contributed by atoms with Crippen LogP contribution in [-0.4, -0.2) is 7.28 Å². The van der Waals surface area contributed by atoms with Gasteiger partial charge in [0.05, 0.1) is 10.7 Å². The molecule has 0 aliphatic carbocycles. The van der Waals surface area contributed by atoms with Gasteiger partial charge in [0.1, 0.15) is 11.2 Å². The highest BCUT2D eigenvalue weighted by Gasteiger charge is 2.35. The van der Waals surface area contributed by atoms with Crippen molar-refractivity contribution in [1.29, 1.82) is 0 Å². The summed E-state index contributed by atoms with van der Waals surface area (Å²) in [4.78, 5) is 2.56. The van der Waals surface area contributed by atoms with E-state index in [9.17, 15) is 0 Å². The lowest BCUT2D eigenvalue weighted by Crippen LogP contribution is -2.40. The number of rotatable bonds is 5. The predicted molar refractivity (Wildman–Crippen MR) is 280 cm³/mol. The smallest absolute Gasteiger partial charge is 0.200 e. The third kappa shape index (κ3) is 6.29. The summed E-state index contributed by atoms with van der Waals surface area (Å²) in [6.45, 7) is 13.7. The van der Waals surface area contributed by atoms with E-state index in [-0.39, 0.29) is 10.8 Å². The number of para-hydroxylation sites is 1. The Labute approximate surface area is 382 Å². The van der Waals surface area contributed by atoms with Gasteiger partial charge in [-0.1, -0.05) is 145 Å². The van der Waals surface area contributed by atoms with Crippen LogP contribution in [-0.2, 0) is 10.8 Å². The van der Waals surface area contributed by atoms with Crippen molar-refractivity contribution in [2.75, 3.05) is 10.2 Å². The zero-order chi connectivity index (χ0) is 43.5. The zero-order valence-electron chi connectivity index (χ0n) is 36.8. The van der Waals surface area contributed by atoms with E-state index in [2.05, 4.69) is 223 Å². The van der Waals surface area contributed by atoms with Crippen molar-refractivity contribution >= 4 is 121 Å². The SMILES string of the molecule is CC(C)(C)c1ccc(Nc2cc3sc4ccccc4c3cc2-c2c3c(cc4c2oc2ccccc24)N(c2ccc(C(C)(C)C)cc2-c2ccccc2)c2sc4ccccc4c2[B]3)cc1. The Hall–Kier alpha value is -6.60. The molecule has 0 saturated carbocycles. The molecule has 8 aromatic carbocycles. The molecule has 1 aliphatic heterocycles. The maximum atomic E-state index is 7.13. The van der Waals surface area contributed by atoms with Gasteiger partial charge in [-0.15, -0.1) is 22.7 Å². The summed E-state index contributed by atoms with van der Waals surface area (Å²) in [5.41, 5.74) is 15.7. The average Bonchev–Trinajstić information content (AvgIpc) is 3.98. The third-order valence-electron chi connectivity index (χ3n) is 13.0. The van der Waals surface area contributed by atoms with Gasteiger partial charge in [-0.3, -0.25) is 0 Å². The van der Waals surface area contributed by atoms with E-state index in [4.69, 9.17) is 4.42 Å². The molecule has 12 rings (SSSR count). The second-order valence-corrected chi connectivity index (χ2v) is 21.4. The van der Waals surface area contributed by atoms with Gasteiger partial charge in [0.15, 0.2) is 7.28 Å². The number of anilines is 5. The van der Waals surface area contributed by atoms with Crippen LogP contribution in [0.25, 0.3) is 74.5 Å². The van der Waals surface area contributed by atoms with Crippen molar-refractivity contribution in [3.63, 3.8) is 0 Å². The maximum absolute atomic E-state index is 7.13. The Morgan fingerprint density at radius 1 is 0.500 bits per heavy atom. The summed E-state index contributed by atoms with van der Waals surface area (Å²) in [6, 6.07) is 60.4. The van der Waals surface area contributed by atoms with Crippen molar-refractivity contribution in [3.8, 4) is 22.3 Å². The normalized spacial score (nSPS) is 12.9. The van der Waals surface area contributed by atoms with Crippen molar-refractivity contribution in [1.82, 2.24) is 0 Å². The molecular formula is C58H46BN2OS2. The van der Waals surface area contributed by atoms with Gasteiger partial charge in [-0.25, -0.2) is 0 Å². The molecule has 6 heteroatoms. The third-order valence-corrected chi connectivity index (χ3v) is 15.3. The highest BCUT2D eigenvalue weighted by atomic mass is 32.1. The van der Waals surface area contributed by atoms with E-state index in [0.29, 0.717) is 0 Å². The van der Waals surface area contributed by atoms with Crippen LogP contribution in [0.4, 0.5) is 27.8 Å². The molecule has 3 nitrogen and oxygen atoms in total. The molecule has 309 valence electrons. The highest BCUT2D eigenvalue weighted by molar-refractivity contribution is 7.26. The van der Waals surface area contributed by atoms with E-state index >= 15 is 0 Å². The van der Waals surface area contributed by atoms with E-state index < -0.39 is 0 Å². The lowest BCUT2D eigenvalue weighted by atomic mass is 9.58. The number of thiophene rings is 2. The Morgan fingerprint density at radius 3 is 1.91 bits per heavy atom. The molecule has 1 N–H and O–H groups in total. The minimum Gasteiger partial charge on any atom is -0.455 e. The van der Waals surface area contributed by atoms with Crippen LogP contribution in [0.3, 0.4) is 0 Å². The van der Waals surface area contributed by atoms with Gasteiger partial charge in [-0.2, -0.15) is 0 Å². The van der Waals surface area contributed by atoms with Crippen LogP contribution in [0.1, 0.15) is 52.7 Å². The summed E-state index contributed by atoms with van der Waals surface area (Å²) in [6.07, 6.45) is 0. The van der Waals surface area contributed by atoms with E-state index in [0.717, 1.165) is 61.3 Å². The highest BCUT2D eigenvalue weighted by Crippen LogP contribution is 2.51. The molecule has 1 radical (unpaired) electrons. The molecular weight excluding hydrogens is 816 g/mol. The summed E-state index contributed by atoms with van der Waals surface area (Å²) < 4.78 is 10.9. The fourth-order valence-corrected chi connectivity index (χ4v) is 12.0. The van der Waals surface area contributed by atoms with Crippen LogP contribution in [0.15, 0.2) is 168 Å². The minimum absolute atomic E-state index is 0.0333. The monoisotopic (exact) mass is 861 g/mol. The quantitative estimate of drug-likeness (QED) is 0.175. The first kappa shape index (κ1) is 39.0. The summed E-state index contributed by atoms with van der Waals surface area (Å²) in [5, 5.41) is 11.1. The average molecular weight is 862 g/mol. The molecule has 1 aliphatic rings. The lowest BCUT2D eigenvalue weighted by Gasteiger charge is -2.35. The van der Waals surface area contributed by atoms with Gasteiger partial charge < -0.3 is 14.6 Å². The van der Waals surface area contributed by atoms with Crippen LogP contribution in [0, 0.1) is 0 Å². The Bertz CT molecular complexity index is 3640. The standard InChI is InChI=1S/C58H46BN2OS2/c1-57(2,3)35-24-27-37(28-25-35)60-45-33-51-42(39-19-11-14-22-49(39)63-51)31-44(45)52-54-47(32-43-38-18-10-13-21-48(38)62-55(43)52)61(56-53(59-54)40-20-12-15-23-50(40)64-56)46-29-26-36(58(4,5)6)30-41(46)34-16-8-7-9-17-34/h7-33,60H,1-6H3. The second kappa shape index (κ2) is 14.5. The van der Waals surface area contributed by atoms with Gasteiger partial charge in [-0.05, 0) is 104 Å². The van der Waals surface area contributed by atoms with Gasteiger partial charge in [0.2, 0.25) is 0 Å². The van der Waals surface area contributed by atoms with Crippen molar-refractivity contribution in [3.05, 3.63) is 175 Å². The van der Waals surface area contributed by atoms with E-state index in [1.54, 1.807) is 0 Å². The number of furan rings is 1. The number of hydrogen-bond donors (Lipinski definition) is 1. The van der Waals surface area contributed by atoms with Crippen LogP contribution < -0.4 is 21.1 Å². The van der Waals surface area contributed by atoms with Crippen molar-refractivity contribution < 1.29 is 4.42 Å². The molecule has 0 amide bonds. The summed E-state index contributed by atoms with van der Waals surface area (Å²) in [5.74, 6) is 0. The van der Waals surface area contributed by atoms with Crippen molar-refractivity contribution in [2.24, 2.45) is 0 Å².